The van der Waals surface area contributed by atoms with Gasteiger partial charge in [-0.15, -0.1) is 0 Å². The van der Waals surface area contributed by atoms with E-state index in [2.05, 4.69) is 39.5 Å². The molecule has 0 radical (unpaired) electrons. The molecule has 0 aromatic carbocycles. The third-order valence-corrected chi connectivity index (χ3v) is 2.89. The number of morpholine rings is 1. The van der Waals surface area contributed by atoms with Crippen molar-refractivity contribution in [3.63, 3.8) is 0 Å². The van der Waals surface area contributed by atoms with E-state index >= 15 is 0 Å². The highest BCUT2D eigenvalue weighted by Crippen LogP contribution is 2.21. The Balaban J connectivity index is 2.35. The quantitative estimate of drug-likeness (QED) is 0.677. The smallest absolute Gasteiger partial charge is 0.0674 e. The molecular weight excluding hydrogens is 174 g/mol. The summed E-state index contributed by atoms with van der Waals surface area (Å²) in [6.07, 6.45) is 1.68. The van der Waals surface area contributed by atoms with E-state index in [1.807, 2.05) is 0 Å². The summed E-state index contributed by atoms with van der Waals surface area (Å²) in [7, 11) is 0. The lowest BCUT2D eigenvalue weighted by Crippen LogP contribution is -2.48. The summed E-state index contributed by atoms with van der Waals surface area (Å²) in [4.78, 5) is 2.55. The fraction of sp³-hybridized carbons (Fsp3) is 1.00. The van der Waals surface area contributed by atoms with Crippen LogP contribution in [0.25, 0.3) is 0 Å². The molecule has 1 rings (SSSR count). The molecule has 2 nitrogen and oxygen atoms in total. The molecule has 0 aromatic rings. The molecule has 0 amide bonds. The lowest BCUT2D eigenvalue weighted by atomic mass is 9.92. The average Bonchev–Trinajstić information content (AvgIpc) is 2.05. The highest BCUT2D eigenvalue weighted by Gasteiger charge is 2.24. The molecule has 1 aliphatic rings. The van der Waals surface area contributed by atoms with Crippen LogP contribution in [0.5, 0.6) is 0 Å². The zero-order chi connectivity index (χ0) is 10.8. The van der Waals surface area contributed by atoms with Gasteiger partial charge in [0.1, 0.15) is 0 Å². The molecule has 84 valence electrons. The van der Waals surface area contributed by atoms with E-state index in [0.717, 1.165) is 13.2 Å². The summed E-state index contributed by atoms with van der Waals surface area (Å²) in [6.45, 7) is 14.5. The van der Waals surface area contributed by atoms with E-state index in [0.29, 0.717) is 17.6 Å². The molecule has 0 aliphatic carbocycles. The Bertz CT molecular complexity index is 174. The summed E-state index contributed by atoms with van der Waals surface area (Å²) in [5.41, 5.74) is 0.446. The number of ether oxygens (including phenoxy) is 1. The fourth-order valence-corrected chi connectivity index (χ4v) is 1.76. The van der Waals surface area contributed by atoms with Crippen molar-refractivity contribution in [1.29, 1.82) is 0 Å². The predicted octanol–water partition coefficient (Wildman–Crippen LogP) is 2.53. The van der Waals surface area contributed by atoms with Gasteiger partial charge < -0.3 is 4.74 Å². The van der Waals surface area contributed by atoms with E-state index in [1.54, 1.807) is 0 Å². The SMILES string of the molecule is CC1CN(CCC(C)(C)C)C(C)CO1. The average molecular weight is 199 g/mol. The molecule has 0 N–H and O–H groups in total. The van der Waals surface area contributed by atoms with Gasteiger partial charge in [0.15, 0.2) is 0 Å². The minimum absolute atomic E-state index is 0.408. The standard InChI is InChI=1S/C12H25NO/c1-10-9-14-11(2)8-13(10)7-6-12(3,4)5/h10-11H,6-9H2,1-5H3. The molecule has 0 aromatic heterocycles. The van der Waals surface area contributed by atoms with Gasteiger partial charge in [-0.05, 0) is 32.2 Å². The fourth-order valence-electron chi connectivity index (χ4n) is 1.76. The molecule has 0 saturated carbocycles. The minimum Gasteiger partial charge on any atom is -0.376 e. The van der Waals surface area contributed by atoms with Gasteiger partial charge in [-0.2, -0.15) is 0 Å². The van der Waals surface area contributed by atoms with Crippen molar-refractivity contribution >= 4 is 0 Å². The van der Waals surface area contributed by atoms with E-state index in [-0.39, 0.29) is 0 Å². The van der Waals surface area contributed by atoms with Gasteiger partial charge in [0.25, 0.3) is 0 Å². The predicted molar refractivity (Wildman–Crippen MR) is 60.5 cm³/mol. The van der Waals surface area contributed by atoms with Crippen molar-refractivity contribution in [1.82, 2.24) is 4.90 Å². The van der Waals surface area contributed by atoms with Crippen LogP contribution in [0.3, 0.4) is 0 Å². The zero-order valence-corrected chi connectivity index (χ0v) is 10.3. The van der Waals surface area contributed by atoms with Crippen molar-refractivity contribution < 1.29 is 4.74 Å². The summed E-state index contributed by atoms with van der Waals surface area (Å²) in [5, 5.41) is 0. The van der Waals surface area contributed by atoms with E-state index in [9.17, 15) is 0 Å². The Morgan fingerprint density at radius 1 is 1.29 bits per heavy atom. The number of hydrogen-bond acceptors (Lipinski definition) is 2. The molecule has 2 heteroatoms. The maximum absolute atomic E-state index is 5.61. The second kappa shape index (κ2) is 4.63. The Morgan fingerprint density at radius 2 is 1.93 bits per heavy atom. The van der Waals surface area contributed by atoms with Crippen molar-refractivity contribution in [2.24, 2.45) is 5.41 Å². The molecule has 0 spiro atoms. The second-order valence-electron chi connectivity index (χ2n) is 5.80. The Morgan fingerprint density at radius 3 is 2.50 bits per heavy atom. The van der Waals surface area contributed by atoms with Crippen LogP contribution >= 0.6 is 0 Å². The van der Waals surface area contributed by atoms with Gasteiger partial charge in [0.05, 0.1) is 12.7 Å². The molecule has 1 saturated heterocycles. The lowest BCUT2D eigenvalue weighted by Gasteiger charge is -2.38. The van der Waals surface area contributed by atoms with E-state index < -0.39 is 0 Å². The molecular formula is C12H25NO. The summed E-state index contributed by atoms with van der Waals surface area (Å²) >= 11 is 0. The number of rotatable bonds is 2. The first-order valence-electron chi connectivity index (χ1n) is 5.74. The zero-order valence-electron chi connectivity index (χ0n) is 10.3. The summed E-state index contributed by atoms with van der Waals surface area (Å²) in [5.74, 6) is 0. The first-order chi connectivity index (χ1) is 6.38. The third-order valence-electron chi connectivity index (χ3n) is 2.89. The molecule has 1 aliphatic heterocycles. The van der Waals surface area contributed by atoms with Crippen LogP contribution in [0, 0.1) is 5.41 Å². The van der Waals surface area contributed by atoms with Crippen LogP contribution in [0.4, 0.5) is 0 Å². The molecule has 1 fully saturated rings. The lowest BCUT2D eigenvalue weighted by molar-refractivity contribution is -0.0518. The first kappa shape index (κ1) is 12.0. The van der Waals surface area contributed by atoms with Gasteiger partial charge in [0, 0.05) is 12.6 Å². The van der Waals surface area contributed by atoms with Crippen molar-refractivity contribution in [3.05, 3.63) is 0 Å². The van der Waals surface area contributed by atoms with Gasteiger partial charge in [-0.25, -0.2) is 0 Å². The van der Waals surface area contributed by atoms with Crippen LogP contribution in [-0.2, 0) is 4.74 Å². The van der Waals surface area contributed by atoms with Gasteiger partial charge in [-0.1, -0.05) is 20.8 Å². The van der Waals surface area contributed by atoms with Gasteiger partial charge >= 0.3 is 0 Å². The Hall–Kier alpha value is -0.0800. The largest absolute Gasteiger partial charge is 0.376 e. The van der Waals surface area contributed by atoms with E-state index in [4.69, 9.17) is 4.74 Å². The molecule has 14 heavy (non-hydrogen) atoms. The molecule has 0 bridgehead atoms. The first-order valence-corrected chi connectivity index (χ1v) is 5.74. The van der Waals surface area contributed by atoms with Crippen LogP contribution in [0.1, 0.15) is 41.0 Å². The van der Waals surface area contributed by atoms with Crippen molar-refractivity contribution in [3.8, 4) is 0 Å². The third kappa shape index (κ3) is 3.97. The number of nitrogens with zero attached hydrogens (tertiary/aromatic N) is 1. The highest BCUT2D eigenvalue weighted by atomic mass is 16.5. The monoisotopic (exact) mass is 199 g/mol. The van der Waals surface area contributed by atoms with Crippen LogP contribution in [0.15, 0.2) is 0 Å². The van der Waals surface area contributed by atoms with Gasteiger partial charge in [0.2, 0.25) is 0 Å². The summed E-state index contributed by atoms with van der Waals surface area (Å²) in [6, 6.07) is 0.591. The van der Waals surface area contributed by atoms with Crippen molar-refractivity contribution in [2.45, 2.75) is 53.2 Å². The van der Waals surface area contributed by atoms with E-state index in [1.165, 1.54) is 13.0 Å². The molecule has 2 atom stereocenters. The maximum atomic E-state index is 5.61. The Labute approximate surface area is 88.6 Å². The topological polar surface area (TPSA) is 12.5 Å². The van der Waals surface area contributed by atoms with Crippen LogP contribution in [-0.4, -0.2) is 36.7 Å². The van der Waals surface area contributed by atoms with Crippen LogP contribution < -0.4 is 0 Å². The second-order valence-corrected chi connectivity index (χ2v) is 5.80. The minimum atomic E-state index is 0.408. The normalized spacial score (nSPS) is 30.6. The maximum Gasteiger partial charge on any atom is 0.0674 e. The Kier molecular flexibility index (Phi) is 3.96. The molecule has 1 heterocycles. The highest BCUT2D eigenvalue weighted by molar-refractivity contribution is 4.76. The van der Waals surface area contributed by atoms with Crippen molar-refractivity contribution in [2.75, 3.05) is 19.7 Å². The molecule has 2 unspecified atom stereocenters. The van der Waals surface area contributed by atoms with Crippen LogP contribution in [0.2, 0.25) is 0 Å². The van der Waals surface area contributed by atoms with Gasteiger partial charge in [-0.3, -0.25) is 4.90 Å². The number of hydrogen-bond donors (Lipinski definition) is 0. The summed E-state index contributed by atoms with van der Waals surface area (Å²) < 4.78 is 5.61.